The van der Waals surface area contributed by atoms with Crippen molar-refractivity contribution in [3.8, 4) is 22.8 Å². The lowest BCUT2D eigenvalue weighted by Gasteiger charge is -2.09. The fourth-order valence-electron chi connectivity index (χ4n) is 6.17. The van der Waals surface area contributed by atoms with E-state index in [0.29, 0.717) is 37.0 Å². The molecule has 2 fully saturated rings. The molecular formula is C40H36F6N8O2. The van der Waals surface area contributed by atoms with Crippen molar-refractivity contribution in [1.82, 2.24) is 40.4 Å². The van der Waals surface area contributed by atoms with Gasteiger partial charge in [0.05, 0.1) is 23.8 Å². The number of ketones is 1. The summed E-state index contributed by atoms with van der Waals surface area (Å²) in [6, 6.07) is 25.1. The number of tetrazole rings is 2. The van der Waals surface area contributed by atoms with Crippen LogP contribution >= 0.6 is 0 Å². The third-order valence-electron chi connectivity index (χ3n) is 9.62. The summed E-state index contributed by atoms with van der Waals surface area (Å²) in [5.74, 6) is 1.39. The number of carbonyl (C=O) groups is 1. The lowest BCUT2D eigenvalue weighted by molar-refractivity contribution is -0.138. The fourth-order valence-corrected chi connectivity index (χ4v) is 6.17. The van der Waals surface area contributed by atoms with Gasteiger partial charge in [0.2, 0.25) is 11.6 Å². The van der Waals surface area contributed by atoms with Gasteiger partial charge in [0, 0.05) is 17.0 Å². The van der Waals surface area contributed by atoms with Gasteiger partial charge in [-0.15, -0.1) is 20.4 Å². The number of aliphatic hydroxyl groups is 1. The minimum atomic E-state index is -4.35. The molecule has 0 bridgehead atoms. The Hall–Kier alpha value is -5.77. The first-order chi connectivity index (χ1) is 26.8. The third-order valence-corrected chi connectivity index (χ3v) is 9.62. The van der Waals surface area contributed by atoms with Crippen molar-refractivity contribution in [3.05, 3.63) is 130 Å². The van der Waals surface area contributed by atoms with Gasteiger partial charge in [0.1, 0.15) is 6.54 Å². The molecule has 0 aliphatic heterocycles. The van der Waals surface area contributed by atoms with Crippen LogP contribution in [0.15, 0.2) is 97.1 Å². The van der Waals surface area contributed by atoms with Crippen LogP contribution in [-0.2, 0) is 43.1 Å². The maximum absolute atomic E-state index is 12.7. The van der Waals surface area contributed by atoms with E-state index in [2.05, 4.69) is 30.8 Å². The zero-order valence-electron chi connectivity index (χ0n) is 29.8. The van der Waals surface area contributed by atoms with Crippen LogP contribution in [0.4, 0.5) is 26.3 Å². The van der Waals surface area contributed by atoms with E-state index in [4.69, 9.17) is 0 Å². The maximum atomic E-state index is 12.7. The SMILES string of the molecule is O=C(Cn1nnc(-c2ccccc2Cc2ccc(C(F)(F)F)cc2)n1)C1CC1.OC(Cn1nnc(-c2ccccc2Cc2ccc(C(F)(F)F)cc2)n1)C1CC1. The molecule has 0 radical (unpaired) electrons. The zero-order chi connectivity index (χ0) is 39.5. The van der Waals surface area contributed by atoms with Gasteiger partial charge in [0.25, 0.3) is 0 Å². The molecule has 2 aliphatic rings. The van der Waals surface area contributed by atoms with Gasteiger partial charge in [-0.05, 0) is 101 Å². The topological polar surface area (TPSA) is 125 Å². The second-order valence-corrected chi connectivity index (χ2v) is 14.0. The van der Waals surface area contributed by atoms with Gasteiger partial charge in [-0.3, -0.25) is 4.79 Å². The largest absolute Gasteiger partial charge is 0.416 e. The molecule has 10 nitrogen and oxygen atoms in total. The van der Waals surface area contributed by atoms with Gasteiger partial charge in [-0.25, -0.2) is 0 Å². The third kappa shape index (κ3) is 9.90. The number of benzene rings is 4. The molecular weight excluding hydrogens is 738 g/mol. The number of alkyl halides is 6. The van der Waals surface area contributed by atoms with Crippen LogP contribution in [0.25, 0.3) is 22.8 Å². The van der Waals surface area contributed by atoms with Crippen LogP contribution in [0, 0.1) is 11.8 Å². The Morgan fingerprint density at radius 2 is 1.09 bits per heavy atom. The Balaban J connectivity index is 0.000000172. The highest BCUT2D eigenvalue weighted by Crippen LogP contribution is 2.34. The van der Waals surface area contributed by atoms with Gasteiger partial charge in [-0.1, -0.05) is 72.8 Å². The number of halogens is 6. The molecule has 1 N–H and O–H groups in total. The number of hydrogen-bond acceptors (Lipinski definition) is 8. The van der Waals surface area contributed by atoms with Gasteiger partial charge in [-0.2, -0.15) is 35.9 Å². The minimum Gasteiger partial charge on any atom is -0.391 e. The van der Waals surface area contributed by atoms with E-state index < -0.39 is 29.6 Å². The molecule has 0 amide bonds. The molecule has 1 unspecified atom stereocenters. The monoisotopic (exact) mass is 774 g/mol. The number of Topliss-reactive ketones (excluding diaryl/α,β-unsaturated/α-hetero) is 1. The Morgan fingerprint density at radius 3 is 1.54 bits per heavy atom. The molecule has 2 aliphatic carbocycles. The Morgan fingerprint density at radius 1 is 0.643 bits per heavy atom. The van der Waals surface area contributed by atoms with E-state index in [-0.39, 0.29) is 18.2 Å². The molecule has 2 aromatic heterocycles. The summed E-state index contributed by atoms with van der Waals surface area (Å²) in [6.07, 6.45) is -4.37. The van der Waals surface area contributed by atoms with Crippen molar-refractivity contribution in [2.45, 2.75) is 70.1 Å². The van der Waals surface area contributed by atoms with Crippen molar-refractivity contribution in [2.24, 2.45) is 11.8 Å². The van der Waals surface area contributed by atoms with E-state index in [1.54, 1.807) is 0 Å². The summed E-state index contributed by atoms with van der Waals surface area (Å²) in [6.45, 7) is 0.414. The second kappa shape index (κ2) is 16.1. The molecule has 0 spiro atoms. The van der Waals surface area contributed by atoms with E-state index >= 15 is 0 Å². The van der Waals surface area contributed by atoms with Crippen LogP contribution < -0.4 is 0 Å². The molecule has 16 heteroatoms. The number of rotatable bonds is 12. The highest BCUT2D eigenvalue weighted by Gasteiger charge is 2.32. The summed E-state index contributed by atoms with van der Waals surface area (Å²) in [5, 5.41) is 34.8. The highest BCUT2D eigenvalue weighted by atomic mass is 19.4. The van der Waals surface area contributed by atoms with Crippen molar-refractivity contribution in [1.29, 1.82) is 0 Å². The number of hydrogen-bond donors (Lipinski definition) is 1. The van der Waals surface area contributed by atoms with E-state index in [1.165, 1.54) is 33.9 Å². The van der Waals surface area contributed by atoms with Crippen LogP contribution in [0.3, 0.4) is 0 Å². The summed E-state index contributed by atoms with van der Waals surface area (Å²) in [7, 11) is 0. The molecule has 6 aromatic rings. The normalized spacial score (nSPS) is 14.9. The van der Waals surface area contributed by atoms with Gasteiger partial charge in [0.15, 0.2) is 5.78 Å². The predicted molar refractivity (Wildman–Crippen MR) is 191 cm³/mol. The molecule has 0 saturated heterocycles. The standard InChI is InChI=1S/C20H19F3N4O.C20H17F3N4O/c2*21-20(22,23)16-9-5-13(6-10-16)11-15-3-1-2-4-17(15)19-24-26-27(25-19)12-18(28)14-7-8-14/h1-6,9-10,14,18,28H,7-8,11-12H2;1-6,9-10,14H,7-8,11-12H2. The molecule has 290 valence electrons. The number of carbonyl (C=O) groups excluding carboxylic acids is 1. The van der Waals surface area contributed by atoms with Crippen LogP contribution in [0.2, 0.25) is 0 Å². The van der Waals surface area contributed by atoms with Crippen molar-refractivity contribution in [3.63, 3.8) is 0 Å². The van der Waals surface area contributed by atoms with Crippen molar-refractivity contribution < 1.29 is 36.2 Å². The first-order valence-electron chi connectivity index (χ1n) is 18.1. The summed E-state index contributed by atoms with van der Waals surface area (Å²) >= 11 is 0. The zero-order valence-corrected chi connectivity index (χ0v) is 29.8. The summed E-state index contributed by atoms with van der Waals surface area (Å²) in [5.41, 5.74) is 3.45. The molecule has 1 atom stereocenters. The average molecular weight is 775 g/mol. The van der Waals surface area contributed by atoms with Gasteiger partial charge < -0.3 is 5.11 Å². The Bertz CT molecular complexity index is 2260. The Labute approximate surface area is 317 Å². The van der Waals surface area contributed by atoms with Crippen LogP contribution in [0.1, 0.15) is 59.1 Å². The van der Waals surface area contributed by atoms with Gasteiger partial charge >= 0.3 is 12.4 Å². The Kier molecular flexibility index (Phi) is 11.1. The predicted octanol–water partition coefficient (Wildman–Crippen LogP) is 7.65. The van der Waals surface area contributed by atoms with Crippen LogP contribution in [0.5, 0.6) is 0 Å². The highest BCUT2D eigenvalue weighted by molar-refractivity contribution is 5.82. The molecule has 2 heterocycles. The van der Waals surface area contributed by atoms with Crippen molar-refractivity contribution in [2.75, 3.05) is 0 Å². The molecule has 4 aromatic carbocycles. The number of aromatic nitrogens is 8. The van der Waals surface area contributed by atoms with Crippen molar-refractivity contribution >= 4 is 5.78 Å². The van der Waals surface area contributed by atoms with Crippen LogP contribution in [-0.4, -0.2) is 57.4 Å². The molecule has 2 saturated carbocycles. The molecule has 8 rings (SSSR count). The summed E-state index contributed by atoms with van der Waals surface area (Å²) in [4.78, 5) is 14.6. The fraction of sp³-hybridized carbons (Fsp3) is 0.325. The van der Waals surface area contributed by atoms with E-state index in [1.807, 2.05) is 48.5 Å². The lowest BCUT2D eigenvalue weighted by atomic mass is 9.98. The van der Waals surface area contributed by atoms with E-state index in [0.717, 1.165) is 83.3 Å². The summed E-state index contributed by atoms with van der Waals surface area (Å²) < 4.78 is 76.4. The second-order valence-electron chi connectivity index (χ2n) is 14.0. The molecule has 56 heavy (non-hydrogen) atoms. The maximum Gasteiger partial charge on any atom is 0.416 e. The minimum absolute atomic E-state index is 0.110. The number of nitrogens with zero attached hydrogens (tertiary/aromatic N) is 8. The van der Waals surface area contributed by atoms with E-state index in [9.17, 15) is 36.2 Å². The first-order valence-corrected chi connectivity index (χ1v) is 18.1. The first kappa shape index (κ1) is 38.5. The lowest BCUT2D eigenvalue weighted by Crippen LogP contribution is -2.19. The number of aliphatic hydroxyl groups excluding tert-OH is 1. The quantitative estimate of drug-likeness (QED) is 0.126. The smallest absolute Gasteiger partial charge is 0.391 e. The average Bonchev–Trinajstić information content (AvgIpc) is 4.11.